The molecule has 0 spiro atoms. The second kappa shape index (κ2) is 14.2. The number of amides is 2. The number of carbonyl (C=O) groups is 3. The molecule has 0 radical (unpaired) electrons. The Labute approximate surface area is 235 Å². The summed E-state index contributed by atoms with van der Waals surface area (Å²) in [6.45, 7) is 6.78. The summed E-state index contributed by atoms with van der Waals surface area (Å²) in [4.78, 5) is 39.2. The quantitative estimate of drug-likeness (QED) is 0.230. The molecule has 3 rings (SSSR count). The van der Waals surface area contributed by atoms with Gasteiger partial charge in [-0.25, -0.2) is 0 Å². The van der Waals surface area contributed by atoms with Gasteiger partial charge in [0.15, 0.2) is 11.4 Å². The van der Waals surface area contributed by atoms with Crippen LogP contribution in [0.15, 0.2) is 48.5 Å². The Morgan fingerprint density at radius 1 is 0.975 bits per heavy atom. The molecule has 0 saturated carbocycles. The number of epoxide rings is 1. The predicted molar refractivity (Wildman–Crippen MR) is 148 cm³/mol. The Morgan fingerprint density at radius 3 is 2.23 bits per heavy atom. The summed E-state index contributed by atoms with van der Waals surface area (Å²) in [5.41, 5.74) is -0.0164. The van der Waals surface area contributed by atoms with Gasteiger partial charge in [0.2, 0.25) is 5.91 Å². The summed E-state index contributed by atoms with van der Waals surface area (Å²) < 4.78 is 16.9. The van der Waals surface area contributed by atoms with Gasteiger partial charge in [-0.2, -0.15) is 0 Å². The molecule has 1 aliphatic rings. The van der Waals surface area contributed by atoms with Crippen LogP contribution in [0.4, 0.5) is 0 Å². The highest BCUT2D eigenvalue weighted by Crippen LogP contribution is 2.30. The Balaban J connectivity index is 1.71. The molecule has 1 heterocycles. The molecule has 1 saturated heterocycles. The number of nitrogens with one attached hydrogen (secondary N) is 2. The zero-order valence-electron chi connectivity index (χ0n) is 23.5. The molecule has 2 aromatic carbocycles. The van der Waals surface area contributed by atoms with Gasteiger partial charge in [-0.1, -0.05) is 44.2 Å². The molecule has 10 nitrogen and oxygen atoms in total. The number of hydrogen-bond donors (Lipinski definition) is 4. The largest absolute Gasteiger partial charge is 0.493 e. The van der Waals surface area contributed by atoms with E-state index in [0.717, 1.165) is 5.56 Å². The zero-order chi connectivity index (χ0) is 29.3. The number of ether oxygens (including phenoxy) is 3. The van der Waals surface area contributed by atoms with Crippen LogP contribution in [-0.2, 0) is 20.7 Å². The van der Waals surface area contributed by atoms with Gasteiger partial charge in [-0.05, 0) is 43.9 Å². The molecule has 1 aliphatic heterocycles. The highest BCUT2D eigenvalue weighted by molar-refractivity contribution is 6.00. The molecule has 0 unspecified atom stereocenters. The van der Waals surface area contributed by atoms with Crippen molar-refractivity contribution in [2.24, 2.45) is 5.92 Å². The fourth-order valence-corrected chi connectivity index (χ4v) is 4.18. The van der Waals surface area contributed by atoms with Crippen LogP contribution in [0.25, 0.3) is 0 Å². The lowest BCUT2D eigenvalue weighted by Gasteiger charge is -2.24. The minimum atomic E-state index is -1.32. The number of aliphatic hydroxyl groups is 2. The third-order valence-corrected chi connectivity index (χ3v) is 6.36. The molecule has 0 aromatic heterocycles. The molecular formula is C30H40N2O8. The Hall–Kier alpha value is -3.47. The van der Waals surface area contributed by atoms with Crippen LogP contribution in [0.1, 0.15) is 50.0 Å². The van der Waals surface area contributed by atoms with Crippen LogP contribution in [0.2, 0.25) is 0 Å². The lowest BCUT2D eigenvalue weighted by molar-refractivity contribution is -0.133. The molecule has 3 atom stereocenters. The van der Waals surface area contributed by atoms with Crippen LogP contribution < -0.4 is 20.1 Å². The minimum absolute atomic E-state index is 0.0509. The maximum atomic E-state index is 13.2. The SMILES string of the molecule is CC(C)C[C@H](NC(=O)[C@H](CO)NC(=O)c1cc(OCCc2ccccc2)cc(OC(C)C)c1)C(=O)[C@@]1(CO)CO1. The van der Waals surface area contributed by atoms with E-state index in [0.29, 0.717) is 30.9 Å². The zero-order valence-corrected chi connectivity index (χ0v) is 23.5. The highest BCUT2D eigenvalue weighted by Gasteiger charge is 2.54. The molecule has 40 heavy (non-hydrogen) atoms. The summed E-state index contributed by atoms with van der Waals surface area (Å²) in [6, 6.07) is 12.4. The normalized spacial score (nSPS) is 17.7. The minimum Gasteiger partial charge on any atom is -0.493 e. The number of ketones is 1. The van der Waals surface area contributed by atoms with Crippen LogP contribution in [0.5, 0.6) is 11.5 Å². The summed E-state index contributed by atoms with van der Waals surface area (Å²) >= 11 is 0. The second-order valence-electron chi connectivity index (χ2n) is 10.6. The van der Waals surface area contributed by atoms with E-state index in [9.17, 15) is 24.6 Å². The Kier molecular flexibility index (Phi) is 11.1. The number of rotatable bonds is 16. The van der Waals surface area contributed by atoms with Crippen molar-refractivity contribution in [2.75, 3.05) is 26.4 Å². The Bertz CT molecular complexity index is 1150. The van der Waals surface area contributed by atoms with Crippen molar-refractivity contribution in [1.29, 1.82) is 0 Å². The summed E-state index contributed by atoms with van der Waals surface area (Å²) in [6.07, 6.45) is 0.822. The van der Waals surface area contributed by atoms with Gasteiger partial charge in [-0.3, -0.25) is 14.4 Å². The van der Waals surface area contributed by atoms with E-state index in [2.05, 4.69) is 10.6 Å². The van der Waals surface area contributed by atoms with Crippen molar-refractivity contribution in [1.82, 2.24) is 10.6 Å². The monoisotopic (exact) mass is 556 g/mol. The Morgan fingerprint density at radius 2 is 1.65 bits per heavy atom. The van der Waals surface area contributed by atoms with Crippen LogP contribution in [0, 0.1) is 5.92 Å². The smallest absolute Gasteiger partial charge is 0.252 e. The standard InChI is InChI=1S/C30H40N2O8/c1-19(2)12-25(27(35)30(17-34)18-39-30)31-29(37)26(16-33)32-28(36)22-13-23(15-24(14-22)40-20(3)4)38-11-10-21-8-6-5-7-9-21/h5-9,13-15,19-20,25-26,33-34H,10-12,16-18H2,1-4H3,(H,31,37)(H,32,36)/t25-,26-,30+/m0/s1. The van der Waals surface area contributed by atoms with E-state index < -0.39 is 48.5 Å². The molecule has 2 amide bonds. The van der Waals surface area contributed by atoms with Crippen LogP contribution in [0.3, 0.4) is 0 Å². The lowest BCUT2D eigenvalue weighted by Crippen LogP contribution is -2.55. The first-order valence-corrected chi connectivity index (χ1v) is 13.6. The maximum absolute atomic E-state index is 13.2. The third kappa shape index (κ3) is 8.77. The highest BCUT2D eigenvalue weighted by atomic mass is 16.6. The number of Topliss-reactive ketones (excluding diaryl/α,β-unsaturated/α-hetero) is 1. The van der Waals surface area contributed by atoms with Crippen molar-refractivity contribution in [3.63, 3.8) is 0 Å². The van der Waals surface area contributed by atoms with Crippen molar-refractivity contribution < 1.29 is 38.8 Å². The van der Waals surface area contributed by atoms with Crippen molar-refractivity contribution in [3.05, 3.63) is 59.7 Å². The van der Waals surface area contributed by atoms with Gasteiger partial charge < -0.3 is 35.1 Å². The topological polar surface area (TPSA) is 147 Å². The molecule has 2 aromatic rings. The van der Waals surface area contributed by atoms with Crippen molar-refractivity contribution in [3.8, 4) is 11.5 Å². The van der Waals surface area contributed by atoms with Crippen LogP contribution in [-0.4, -0.2) is 78.0 Å². The molecule has 218 valence electrons. The summed E-state index contributed by atoms with van der Waals surface area (Å²) in [5, 5.41) is 24.7. The van der Waals surface area contributed by atoms with Crippen molar-refractivity contribution >= 4 is 17.6 Å². The fraction of sp³-hybridized carbons (Fsp3) is 0.500. The first-order chi connectivity index (χ1) is 19.1. The molecule has 0 aliphatic carbocycles. The maximum Gasteiger partial charge on any atom is 0.252 e. The van der Waals surface area contributed by atoms with E-state index in [1.165, 1.54) is 6.07 Å². The van der Waals surface area contributed by atoms with E-state index in [1.54, 1.807) is 12.1 Å². The molecule has 4 N–H and O–H groups in total. The van der Waals surface area contributed by atoms with Gasteiger partial charge in [0.25, 0.3) is 5.91 Å². The van der Waals surface area contributed by atoms with Crippen LogP contribution >= 0.6 is 0 Å². The third-order valence-electron chi connectivity index (χ3n) is 6.36. The van der Waals surface area contributed by atoms with E-state index in [-0.39, 0.29) is 24.2 Å². The molecular weight excluding hydrogens is 516 g/mol. The average molecular weight is 557 g/mol. The number of carbonyl (C=O) groups excluding carboxylic acids is 3. The second-order valence-corrected chi connectivity index (χ2v) is 10.6. The number of aliphatic hydroxyl groups excluding tert-OH is 2. The van der Waals surface area contributed by atoms with Gasteiger partial charge in [0.1, 0.15) is 17.5 Å². The van der Waals surface area contributed by atoms with Gasteiger partial charge in [0, 0.05) is 18.1 Å². The van der Waals surface area contributed by atoms with Gasteiger partial charge in [-0.15, -0.1) is 0 Å². The fourth-order valence-electron chi connectivity index (χ4n) is 4.18. The van der Waals surface area contributed by atoms with Gasteiger partial charge in [0.05, 0.1) is 38.6 Å². The van der Waals surface area contributed by atoms with Gasteiger partial charge >= 0.3 is 0 Å². The number of benzene rings is 2. The van der Waals surface area contributed by atoms with E-state index in [1.807, 2.05) is 58.0 Å². The van der Waals surface area contributed by atoms with E-state index in [4.69, 9.17) is 14.2 Å². The molecule has 10 heteroatoms. The molecule has 1 fully saturated rings. The lowest BCUT2D eigenvalue weighted by atomic mass is 9.92. The summed E-state index contributed by atoms with van der Waals surface area (Å²) in [7, 11) is 0. The summed E-state index contributed by atoms with van der Waals surface area (Å²) in [5.74, 6) is -0.891. The predicted octanol–water partition coefficient (Wildman–Crippen LogP) is 2.05. The van der Waals surface area contributed by atoms with E-state index >= 15 is 0 Å². The van der Waals surface area contributed by atoms with Crippen molar-refractivity contribution in [2.45, 2.75) is 64.3 Å². The average Bonchev–Trinajstić information content (AvgIpc) is 3.72. The molecule has 0 bridgehead atoms. The first kappa shape index (κ1) is 31.1. The number of hydrogen-bond acceptors (Lipinski definition) is 8. The first-order valence-electron chi connectivity index (χ1n) is 13.6.